The van der Waals surface area contributed by atoms with E-state index in [1.807, 2.05) is 22.7 Å². The van der Waals surface area contributed by atoms with Gasteiger partial charge < -0.3 is 18.6 Å². The van der Waals surface area contributed by atoms with Crippen LogP contribution in [0.3, 0.4) is 0 Å². The van der Waals surface area contributed by atoms with Crippen LogP contribution in [0.4, 0.5) is 0 Å². The molecule has 464 valence electrons. The first kappa shape index (κ1) is 54.8. The fourth-order valence-corrected chi connectivity index (χ4v) is 20.8. The van der Waals surface area contributed by atoms with Crippen molar-refractivity contribution < 1.29 is 9.47 Å². The number of fused-ring (bicyclic) bond motifs is 36. The largest absolute Gasteiger partial charge is 0.454 e. The van der Waals surface area contributed by atoms with Crippen molar-refractivity contribution >= 4 is 128 Å². The predicted octanol–water partition coefficient (Wildman–Crippen LogP) is 25.5. The Labute approximate surface area is 582 Å². The third-order valence-electron chi connectivity index (χ3n) is 22.5. The van der Waals surface area contributed by atoms with Gasteiger partial charge in [-0.25, -0.2) is 0 Å². The molecule has 0 saturated heterocycles. The van der Waals surface area contributed by atoms with Gasteiger partial charge in [0.15, 0.2) is 11.5 Å². The Hall–Kier alpha value is -12.3. The van der Waals surface area contributed by atoms with Crippen molar-refractivity contribution in [3.8, 4) is 56.6 Å². The van der Waals surface area contributed by atoms with Gasteiger partial charge in [-0.1, -0.05) is 273 Å². The lowest BCUT2D eigenvalue weighted by Crippen LogP contribution is -2.32. The quantitative estimate of drug-likeness (QED) is 0.173. The van der Waals surface area contributed by atoms with E-state index in [9.17, 15) is 0 Å². The number of aromatic nitrogens is 2. The monoisotopic (exact) mass is 1310 g/mol. The van der Waals surface area contributed by atoms with Gasteiger partial charge in [0.1, 0.15) is 11.5 Å². The summed E-state index contributed by atoms with van der Waals surface area (Å²) in [4.78, 5) is 0. The van der Waals surface area contributed by atoms with E-state index < -0.39 is 10.8 Å². The molecule has 4 aliphatic rings. The van der Waals surface area contributed by atoms with Crippen molar-refractivity contribution in [2.45, 2.75) is 10.8 Å². The maximum Gasteiger partial charge on any atom is 0.156 e. The molecule has 4 aromatic heterocycles. The Morgan fingerprint density at radius 3 is 1.06 bits per heavy atom. The van der Waals surface area contributed by atoms with Crippen molar-refractivity contribution in [2.75, 3.05) is 0 Å². The summed E-state index contributed by atoms with van der Waals surface area (Å²) >= 11 is 3.72. The first-order valence-corrected chi connectivity index (χ1v) is 36.0. The normalized spacial score (nSPS) is 13.9. The standard InChI is InChI=1S/2C47H27NOS/c1-2-12-30-28(11-1)21-23-34-35-24-25-40-46(45(35)48(44(30)34)29-22-26-43-36(27-29)33-15-5-10-20-42(33)50-43)49-41-19-9-8-18-39(41)47(40)37-16-6-3-13-31(37)32-14-4-7-17-38(32)47;1-2-12-30-28(11-1)21-23-35-36-25-26-40-46(45(36)48(44(30)35)29-22-24-34-33-15-5-10-20-42(33)50-43(34)27-29)49-41-19-9-8-18-39(41)47(40)37-16-6-3-13-31(37)32-14-4-7-17-38(32)47/h2*1-27H. The minimum atomic E-state index is -0.525. The Bertz CT molecular complexity index is 6920. The average molecular weight is 1310 g/mol. The number of thiophene rings is 2. The molecule has 4 nitrogen and oxygen atoms in total. The smallest absolute Gasteiger partial charge is 0.156 e. The molecule has 0 radical (unpaired) electrons. The van der Waals surface area contributed by atoms with Crippen LogP contribution in [-0.4, -0.2) is 9.13 Å². The number of benzene rings is 16. The van der Waals surface area contributed by atoms with Crippen LogP contribution in [0.25, 0.3) is 139 Å². The van der Waals surface area contributed by atoms with Crippen LogP contribution in [0, 0.1) is 0 Å². The highest BCUT2D eigenvalue weighted by Gasteiger charge is 2.53. The summed E-state index contributed by atoms with van der Waals surface area (Å²) in [5, 5.41) is 14.9. The zero-order valence-electron chi connectivity index (χ0n) is 53.7. The first-order chi connectivity index (χ1) is 49.6. The number of para-hydroxylation sites is 2. The van der Waals surface area contributed by atoms with E-state index >= 15 is 0 Å². The third kappa shape index (κ3) is 7.03. The van der Waals surface area contributed by atoms with E-state index in [1.165, 1.54) is 161 Å². The van der Waals surface area contributed by atoms with Gasteiger partial charge in [-0.3, -0.25) is 0 Å². The molecule has 6 heteroatoms. The van der Waals surface area contributed by atoms with E-state index in [-0.39, 0.29) is 0 Å². The minimum absolute atomic E-state index is 0.523. The molecular weight excluding hydrogens is 1250 g/mol. The molecule has 0 saturated carbocycles. The number of nitrogens with zero attached hydrogens (tertiary/aromatic N) is 2. The first-order valence-electron chi connectivity index (χ1n) is 34.4. The maximum atomic E-state index is 7.24. The van der Waals surface area contributed by atoms with Crippen LogP contribution >= 0.6 is 22.7 Å². The fourth-order valence-electron chi connectivity index (χ4n) is 18.6. The van der Waals surface area contributed by atoms with E-state index in [2.05, 4.69) is 337 Å². The maximum absolute atomic E-state index is 7.24. The molecule has 0 amide bonds. The van der Waals surface area contributed by atoms with Gasteiger partial charge in [-0.05, 0) is 110 Å². The summed E-state index contributed by atoms with van der Waals surface area (Å²) < 4.78 is 24.6. The summed E-state index contributed by atoms with van der Waals surface area (Å²) in [5.41, 5.74) is 20.9. The summed E-state index contributed by atoms with van der Waals surface area (Å²) in [6.45, 7) is 0. The Morgan fingerprint density at radius 2 is 0.560 bits per heavy atom. The van der Waals surface area contributed by atoms with Crippen molar-refractivity contribution in [3.05, 3.63) is 372 Å². The fraction of sp³-hybridized carbons (Fsp3) is 0.0213. The van der Waals surface area contributed by atoms with Gasteiger partial charge in [0.05, 0.1) is 32.9 Å². The van der Waals surface area contributed by atoms with Crippen molar-refractivity contribution in [3.63, 3.8) is 0 Å². The Kier molecular flexibility index (Phi) is 11.0. The molecule has 24 rings (SSSR count). The van der Waals surface area contributed by atoms with E-state index in [4.69, 9.17) is 9.47 Å². The summed E-state index contributed by atoms with van der Waals surface area (Å²) in [6, 6.07) is 121. The van der Waals surface area contributed by atoms with Crippen molar-refractivity contribution in [1.82, 2.24) is 9.13 Å². The second kappa shape index (κ2) is 20.2. The Balaban J connectivity index is 0.000000124. The van der Waals surface area contributed by atoms with Crippen LogP contribution in [0.5, 0.6) is 23.0 Å². The van der Waals surface area contributed by atoms with Gasteiger partial charge in [0, 0.05) is 106 Å². The lowest BCUT2D eigenvalue weighted by Gasteiger charge is -2.39. The second-order valence-corrected chi connectivity index (χ2v) is 29.3. The molecule has 0 N–H and O–H groups in total. The highest BCUT2D eigenvalue weighted by Crippen LogP contribution is 2.66. The van der Waals surface area contributed by atoms with Crippen LogP contribution in [0.2, 0.25) is 0 Å². The Morgan fingerprint density at radius 1 is 0.220 bits per heavy atom. The highest BCUT2D eigenvalue weighted by atomic mass is 32.1. The summed E-state index contributed by atoms with van der Waals surface area (Å²) in [7, 11) is 0. The van der Waals surface area contributed by atoms with Gasteiger partial charge in [0.2, 0.25) is 0 Å². The molecule has 0 unspecified atom stereocenters. The number of hydrogen-bond acceptors (Lipinski definition) is 4. The van der Waals surface area contributed by atoms with Crippen LogP contribution in [0.1, 0.15) is 44.5 Å². The topological polar surface area (TPSA) is 28.3 Å². The van der Waals surface area contributed by atoms with Gasteiger partial charge in [-0.2, -0.15) is 0 Å². The molecule has 2 spiro atoms. The third-order valence-corrected chi connectivity index (χ3v) is 24.8. The molecule has 100 heavy (non-hydrogen) atoms. The molecule has 0 fully saturated rings. The molecule has 2 aliphatic heterocycles. The van der Waals surface area contributed by atoms with Crippen LogP contribution in [0.15, 0.2) is 328 Å². The van der Waals surface area contributed by atoms with Gasteiger partial charge in [-0.15, -0.1) is 22.7 Å². The van der Waals surface area contributed by atoms with Gasteiger partial charge in [0.25, 0.3) is 0 Å². The van der Waals surface area contributed by atoms with E-state index in [0.29, 0.717) is 0 Å². The molecule has 20 aromatic rings. The van der Waals surface area contributed by atoms with Crippen molar-refractivity contribution in [2.24, 2.45) is 0 Å². The molecule has 0 bridgehead atoms. The molecule has 0 atom stereocenters. The van der Waals surface area contributed by atoms with E-state index in [1.54, 1.807) is 0 Å². The lowest BCUT2D eigenvalue weighted by molar-refractivity contribution is 0.440. The summed E-state index contributed by atoms with van der Waals surface area (Å²) in [6.07, 6.45) is 0. The number of rotatable bonds is 2. The SMILES string of the molecule is c1ccc2c(c1)Oc1c(ccc3c4ccc5ccccc5c4n(-c4ccc5c(c4)sc4ccccc45)c13)C21c2ccccc2-c2ccccc21.c1ccc2c(c1)Oc1c(ccc3c4ccc5ccccc5c4n(-c4ccc5sc6ccccc6c5c4)c13)C21c2ccccc2-c2ccccc21. The van der Waals surface area contributed by atoms with Gasteiger partial charge >= 0.3 is 0 Å². The highest BCUT2D eigenvalue weighted by molar-refractivity contribution is 7.26. The van der Waals surface area contributed by atoms with Crippen LogP contribution in [-0.2, 0) is 10.8 Å². The average Bonchev–Trinajstić information content (AvgIpc) is 1.50. The molecule has 6 heterocycles. The van der Waals surface area contributed by atoms with Crippen LogP contribution < -0.4 is 9.47 Å². The number of ether oxygens (including phenoxy) is 2. The molecule has 2 aliphatic carbocycles. The molecular formula is C94H54N2O2S2. The zero-order chi connectivity index (χ0) is 65.1. The lowest BCUT2D eigenvalue weighted by atomic mass is 9.66. The second-order valence-electron chi connectivity index (χ2n) is 27.1. The summed E-state index contributed by atoms with van der Waals surface area (Å²) in [5.74, 6) is 3.65. The van der Waals surface area contributed by atoms with Crippen molar-refractivity contribution in [1.29, 1.82) is 0 Å². The number of hydrogen-bond donors (Lipinski definition) is 0. The predicted molar refractivity (Wildman–Crippen MR) is 417 cm³/mol. The zero-order valence-corrected chi connectivity index (χ0v) is 55.3. The van der Waals surface area contributed by atoms with E-state index in [0.717, 1.165) is 45.4 Å². The minimum Gasteiger partial charge on any atom is -0.454 e. The molecule has 16 aromatic carbocycles.